The lowest BCUT2D eigenvalue weighted by atomic mass is 10.2. The first kappa shape index (κ1) is 21.5. The number of hydrogen-bond donors (Lipinski definition) is 0. The number of halogens is 5. The Bertz CT molecular complexity index is 940. The van der Waals surface area contributed by atoms with E-state index in [0.717, 1.165) is 18.4 Å². The quantitative estimate of drug-likeness (QED) is 0.637. The fraction of sp³-hybridized carbons (Fsp3) is 0.500. The Morgan fingerprint density at radius 2 is 1.87 bits per heavy atom. The number of carbonyl (C=O) groups is 1. The molecule has 2 aromatic rings. The first-order valence-electron chi connectivity index (χ1n) is 9.81. The second-order valence-electron chi connectivity index (χ2n) is 7.71. The number of benzene rings is 1. The number of rotatable bonds is 6. The molecule has 1 aromatic carbocycles. The van der Waals surface area contributed by atoms with Gasteiger partial charge in [0, 0.05) is 43.7 Å². The highest BCUT2D eigenvalue weighted by atomic mass is 35.5. The molecule has 30 heavy (non-hydrogen) atoms. The molecule has 1 aromatic heterocycles. The molecule has 0 unspecified atom stereocenters. The maximum atomic E-state index is 13.2. The minimum absolute atomic E-state index is 0.0127. The van der Waals surface area contributed by atoms with Crippen molar-refractivity contribution in [2.45, 2.75) is 38.3 Å². The molecule has 1 amide bonds. The summed E-state index contributed by atoms with van der Waals surface area (Å²) in [6.45, 7) is 2.76. The van der Waals surface area contributed by atoms with Crippen molar-refractivity contribution in [2.75, 3.05) is 26.2 Å². The maximum absolute atomic E-state index is 13.2. The van der Waals surface area contributed by atoms with E-state index in [4.69, 9.17) is 23.2 Å². The van der Waals surface area contributed by atoms with E-state index in [2.05, 4.69) is 10.00 Å². The van der Waals surface area contributed by atoms with Crippen LogP contribution in [0, 0.1) is 5.82 Å². The van der Waals surface area contributed by atoms with Gasteiger partial charge in [-0.05, 0) is 30.5 Å². The fourth-order valence-electron chi connectivity index (χ4n) is 3.75. The van der Waals surface area contributed by atoms with Crippen LogP contribution in [0.25, 0.3) is 0 Å². The molecule has 162 valence electrons. The Hall–Kier alpha value is -1.77. The molecular weight excluding hydrogens is 440 g/mol. The largest absolute Gasteiger partial charge is 0.339 e. The van der Waals surface area contributed by atoms with E-state index in [0.29, 0.717) is 43.4 Å². The van der Waals surface area contributed by atoms with Crippen LogP contribution < -0.4 is 0 Å². The molecule has 10 heteroatoms. The van der Waals surface area contributed by atoms with Crippen LogP contribution in [0.2, 0.25) is 10.0 Å². The number of alkyl halides is 2. The van der Waals surface area contributed by atoms with E-state index >= 15 is 0 Å². The van der Waals surface area contributed by atoms with Crippen LogP contribution in [0.3, 0.4) is 0 Å². The molecule has 0 bridgehead atoms. The average Bonchev–Trinajstić information content (AvgIpc) is 3.48. The van der Waals surface area contributed by atoms with E-state index in [1.165, 1.54) is 16.8 Å². The summed E-state index contributed by atoms with van der Waals surface area (Å²) < 4.78 is 40.9. The number of carbonyl (C=O) groups excluding carboxylic acids is 1. The molecule has 4 rings (SSSR count). The van der Waals surface area contributed by atoms with Crippen molar-refractivity contribution < 1.29 is 18.0 Å². The Morgan fingerprint density at radius 3 is 2.47 bits per heavy atom. The molecule has 0 radical (unpaired) electrons. The van der Waals surface area contributed by atoms with E-state index in [1.54, 1.807) is 11.0 Å². The van der Waals surface area contributed by atoms with E-state index < -0.39 is 12.1 Å². The van der Waals surface area contributed by atoms with Gasteiger partial charge in [0.15, 0.2) is 0 Å². The van der Waals surface area contributed by atoms with Gasteiger partial charge in [-0.3, -0.25) is 14.4 Å². The van der Waals surface area contributed by atoms with Crippen LogP contribution in [-0.2, 0) is 17.9 Å². The average molecular weight is 461 g/mol. The van der Waals surface area contributed by atoms with Gasteiger partial charge in [-0.1, -0.05) is 29.3 Å². The van der Waals surface area contributed by atoms with Crippen molar-refractivity contribution in [1.29, 1.82) is 0 Å². The fourth-order valence-corrected chi connectivity index (χ4v) is 4.35. The van der Waals surface area contributed by atoms with Gasteiger partial charge < -0.3 is 4.90 Å². The lowest BCUT2D eigenvalue weighted by Crippen LogP contribution is -2.49. The van der Waals surface area contributed by atoms with Crippen molar-refractivity contribution in [3.05, 3.63) is 51.0 Å². The second-order valence-corrected chi connectivity index (χ2v) is 8.49. The van der Waals surface area contributed by atoms with Gasteiger partial charge >= 0.3 is 0 Å². The molecular formula is C20H21Cl2F3N4O. The summed E-state index contributed by atoms with van der Waals surface area (Å²) in [5.41, 5.74) is 0.926. The summed E-state index contributed by atoms with van der Waals surface area (Å²) in [7, 11) is 0. The lowest BCUT2D eigenvalue weighted by molar-refractivity contribution is -0.133. The zero-order chi connectivity index (χ0) is 21.4. The van der Waals surface area contributed by atoms with Crippen LogP contribution in [0.15, 0.2) is 18.2 Å². The monoisotopic (exact) mass is 460 g/mol. The van der Waals surface area contributed by atoms with E-state index in [9.17, 15) is 18.0 Å². The number of hydrogen-bond acceptors (Lipinski definition) is 3. The van der Waals surface area contributed by atoms with Crippen molar-refractivity contribution >= 4 is 29.1 Å². The molecule has 2 aliphatic rings. The first-order chi connectivity index (χ1) is 14.3. The summed E-state index contributed by atoms with van der Waals surface area (Å²) in [6.07, 6.45) is -1.03. The lowest BCUT2D eigenvalue weighted by Gasteiger charge is -2.35. The highest BCUT2D eigenvalue weighted by molar-refractivity contribution is 6.32. The highest BCUT2D eigenvalue weighted by Crippen LogP contribution is 2.45. The SMILES string of the molecule is O=C(Cn1nc(C(F)F)c(Cl)c1C1CC1)N1CCN(Cc2ccc(F)cc2Cl)CC1. The highest BCUT2D eigenvalue weighted by Gasteiger charge is 2.35. The van der Waals surface area contributed by atoms with Gasteiger partial charge in [-0.25, -0.2) is 13.2 Å². The predicted octanol–water partition coefficient (Wildman–Crippen LogP) is 4.49. The Kier molecular flexibility index (Phi) is 6.27. The molecule has 1 saturated heterocycles. The maximum Gasteiger partial charge on any atom is 0.283 e. The van der Waals surface area contributed by atoms with Gasteiger partial charge in [0.2, 0.25) is 5.91 Å². The van der Waals surface area contributed by atoms with Crippen LogP contribution >= 0.6 is 23.2 Å². The van der Waals surface area contributed by atoms with Crippen molar-refractivity contribution in [3.8, 4) is 0 Å². The molecule has 2 heterocycles. The Morgan fingerprint density at radius 1 is 1.17 bits per heavy atom. The first-order valence-corrected chi connectivity index (χ1v) is 10.6. The Balaban J connectivity index is 1.36. The Labute approximate surface area is 182 Å². The van der Waals surface area contributed by atoms with E-state index in [-0.39, 0.29) is 29.2 Å². The van der Waals surface area contributed by atoms with Gasteiger partial charge in [-0.15, -0.1) is 0 Å². The molecule has 0 N–H and O–H groups in total. The molecule has 1 saturated carbocycles. The second kappa shape index (κ2) is 8.77. The summed E-state index contributed by atoms with van der Waals surface area (Å²) in [4.78, 5) is 16.6. The minimum atomic E-state index is -2.77. The zero-order valence-electron chi connectivity index (χ0n) is 16.1. The zero-order valence-corrected chi connectivity index (χ0v) is 17.6. The topological polar surface area (TPSA) is 41.4 Å². The van der Waals surface area contributed by atoms with Gasteiger partial charge in [0.25, 0.3) is 6.43 Å². The van der Waals surface area contributed by atoms with Crippen molar-refractivity contribution in [2.24, 2.45) is 0 Å². The number of aromatic nitrogens is 2. The summed E-state index contributed by atoms with van der Waals surface area (Å²) in [5.74, 6) is -0.447. The molecule has 1 aliphatic heterocycles. The standard InChI is InChI=1S/C20H21Cl2F3N4O/c21-15-9-14(23)4-3-13(15)10-27-5-7-28(8-6-27)16(30)11-29-19(12-1-2-12)17(22)18(26-29)20(24)25/h3-4,9,12,20H,1-2,5-8,10-11H2. The number of nitrogens with zero attached hydrogens (tertiary/aromatic N) is 4. The van der Waals surface area contributed by atoms with Crippen LogP contribution in [0.5, 0.6) is 0 Å². The summed E-state index contributed by atoms with van der Waals surface area (Å²) in [5, 5.41) is 4.29. The summed E-state index contributed by atoms with van der Waals surface area (Å²) in [6, 6.07) is 4.33. The van der Waals surface area contributed by atoms with Crippen LogP contribution in [0.4, 0.5) is 13.2 Å². The van der Waals surface area contributed by atoms with Crippen LogP contribution in [0.1, 0.15) is 42.1 Å². The number of amides is 1. The predicted molar refractivity (Wildman–Crippen MR) is 107 cm³/mol. The molecule has 2 fully saturated rings. The van der Waals surface area contributed by atoms with Gasteiger partial charge in [-0.2, -0.15) is 5.10 Å². The summed E-state index contributed by atoms with van der Waals surface area (Å²) >= 11 is 12.2. The third-order valence-electron chi connectivity index (χ3n) is 5.55. The molecule has 0 spiro atoms. The number of piperazine rings is 1. The third kappa shape index (κ3) is 4.60. The van der Waals surface area contributed by atoms with Crippen molar-refractivity contribution in [3.63, 3.8) is 0 Å². The smallest absolute Gasteiger partial charge is 0.283 e. The third-order valence-corrected chi connectivity index (χ3v) is 6.29. The van der Waals surface area contributed by atoms with Crippen LogP contribution in [-0.4, -0.2) is 51.7 Å². The molecule has 1 aliphatic carbocycles. The van der Waals surface area contributed by atoms with Crippen molar-refractivity contribution in [1.82, 2.24) is 19.6 Å². The molecule has 5 nitrogen and oxygen atoms in total. The normalized spacial score (nSPS) is 17.7. The minimum Gasteiger partial charge on any atom is -0.339 e. The van der Waals surface area contributed by atoms with E-state index in [1.807, 2.05) is 0 Å². The van der Waals surface area contributed by atoms with Gasteiger partial charge in [0.1, 0.15) is 18.1 Å². The molecule has 0 atom stereocenters. The van der Waals surface area contributed by atoms with Gasteiger partial charge in [0.05, 0.1) is 10.7 Å².